The van der Waals surface area contributed by atoms with Gasteiger partial charge in [0.2, 0.25) is 0 Å². The maximum Gasteiger partial charge on any atom is 0.416 e. The standard InChI is InChI=1S/C15H9ClF3N3OS/c16-9-7-8(15(17,18)19)5-6-10(9)20-13(23)22-14-21-11-3-1-2-4-12(11)24-14/h1-7H,(H2,20,21,22,23). The molecule has 24 heavy (non-hydrogen) atoms. The van der Waals surface area contributed by atoms with Crippen LogP contribution in [0.1, 0.15) is 5.56 Å². The van der Waals surface area contributed by atoms with Crippen LogP contribution in [0.25, 0.3) is 10.2 Å². The number of hydrogen-bond donors (Lipinski definition) is 2. The monoisotopic (exact) mass is 371 g/mol. The molecule has 124 valence electrons. The van der Waals surface area contributed by atoms with Crippen molar-refractivity contribution >= 4 is 50.0 Å². The largest absolute Gasteiger partial charge is 0.416 e. The number of carbonyl (C=O) groups excluding carboxylic acids is 1. The van der Waals surface area contributed by atoms with E-state index >= 15 is 0 Å². The molecule has 3 rings (SSSR count). The van der Waals surface area contributed by atoms with Crippen LogP contribution in [0, 0.1) is 0 Å². The fourth-order valence-corrected chi connectivity index (χ4v) is 3.06. The SMILES string of the molecule is O=C(Nc1nc2ccccc2s1)Nc1ccc(C(F)(F)F)cc1Cl. The molecule has 9 heteroatoms. The van der Waals surface area contributed by atoms with Crippen molar-refractivity contribution in [2.75, 3.05) is 10.6 Å². The van der Waals surface area contributed by atoms with Gasteiger partial charge in [0.1, 0.15) is 0 Å². The number of fused-ring (bicyclic) bond motifs is 1. The number of halogens is 4. The van der Waals surface area contributed by atoms with Gasteiger partial charge in [-0.15, -0.1) is 0 Å². The van der Waals surface area contributed by atoms with E-state index in [1.807, 2.05) is 24.3 Å². The smallest absolute Gasteiger partial charge is 0.306 e. The molecule has 0 fully saturated rings. The summed E-state index contributed by atoms with van der Waals surface area (Å²) in [5, 5.41) is 5.10. The highest BCUT2D eigenvalue weighted by Crippen LogP contribution is 2.34. The zero-order valence-corrected chi connectivity index (χ0v) is 13.4. The maximum absolute atomic E-state index is 12.6. The third kappa shape index (κ3) is 3.60. The molecule has 0 spiro atoms. The lowest BCUT2D eigenvalue weighted by molar-refractivity contribution is -0.137. The second kappa shape index (κ2) is 6.29. The number of nitrogens with one attached hydrogen (secondary N) is 2. The summed E-state index contributed by atoms with van der Waals surface area (Å²) in [5.74, 6) is 0. The zero-order chi connectivity index (χ0) is 17.3. The summed E-state index contributed by atoms with van der Waals surface area (Å²) in [5.41, 5.74) is -0.0710. The highest BCUT2D eigenvalue weighted by molar-refractivity contribution is 7.22. The lowest BCUT2D eigenvalue weighted by atomic mass is 10.2. The highest BCUT2D eigenvalue weighted by Gasteiger charge is 2.31. The molecular formula is C15H9ClF3N3OS. The van der Waals surface area contributed by atoms with Crippen molar-refractivity contribution in [2.45, 2.75) is 6.18 Å². The van der Waals surface area contributed by atoms with Crippen LogP contribution < -0.4 is 10.6 Å². The lowest BCUT2D eigenvalue weighted by Crippen LogP contribution is -2.19. The van der Waals surface area contributed by atoms with Crippen molar-refractivity contribution < 1.29 is 18.0 Å². The van der Waals surface area contributed by atoms with Crippen molar-refractivity contribution in [2.24, 2.45) is 0 Å². The Hall–Kier alpha value is -2.32. The first kappa shape index (κ1) is 16.5. The number of carbonyl (C=O) groups is 1. The molecule has 2 amide bonds. The summed E-state index contributed by atoms with van der Waals surface area (Å²) in [6.45, 7) is 0. The van der Waals surface area contributed by atoms with E-state index in [2.05, 4.69) is 15.6 Å². The van der Waals surface area contributed by atoms with E-state index in [1.165, 1.54) is 11.3 Å². The molecule has 4 nitrogen and oxygen atoms in total. The van der Waals surface area contributed by atoms with Crippen molar-refractivity contribution in [3.8, 4) is 0 Å². The Labute approximate surface area is 143 Å². The summed E-state index contributed by atoms with van der Waals surface area (Å²) in [7, 11) is 0. The second-order valence-electron chi connectivity index (χ2n) is 4.76. The van der Waals surface area contributed by atoms with Crippen LogP contribution in [0.4, 0.5) is 28.8 Å². The van der Waals surface area contributed by atoms with Crippen LogP contribution in [0.2, 0.25) is 5.02 Å². The van der Waals surface area contributed by atoms with Gasteiger partial charge in [0, 0.05) is 0 Å². The first-order chi connectivity index (χ1) is 11.3. The molecule has 0 bridgehead atoms. The van der Waals surface area contributed by atoms with E-state index in [-0.39, 0.29) is 10.7 Å². The van der Waals surface area contributed by atoms with Gasteiger partial charge in [-0.2, -0.15) is 13.2 Å². The van der Waals surface area contributed by atoms with Crippen LogP contribution in [-0.4, -0.2) is 11.0 Å². The van der Waals surface area contributed by atoms with E-state index in [1.54, 1.807) is 0 Å². The number of alkyl halides is 3. The highest BCUT2D eigenvalue weighted by atomic mass is 35.5. The first-order valence-corrected chi connectivity index (χ1v) is 7.83. The normalized spacial score (nSPS) is 11.5. The first-order valence-electron chi connectivity index (χ1n) is 6.63. The number of anilines is 2. The fourth-order valence-electron chi connectivity index (χ4n) is 1.97. The molecule has 2 aromatic carbocycles. The Kier molecular flexibility index (Phi) is 4.33. The molecule has 3 aromatic rings. The molecule has 1 heterocycles. The van der Waals surface area contributed by atoms with Gasteiger partial charge < -0.3 is 5.32 Å². The van der Waals surface area contributed by atoms with Gasteiger partial charge in [-0.3, -0.25) is 5.32 Å². The summed E-state index contributed by atoms with van der Waals surface area (Å²) < 4.78 is 38.7. The van der Waals surface area contributed by atoms with Crippen molar-refractivity contribution in [1.82, 2.24) is 4.98 Å². The molecule has 0 saturated heterocycles. The lowest BCUT2D eigenvalue weighted by Gasteiger charge is -2.11. The molecule has 0 saturated carbocycles. The molecule has 0 atom stereocenters. The molecule has 0 aliphatic carbocycles. The van der Waals surface area contributed by atoms with Crippen LogP contribution in [0.5, 0.6) is 0 Å². The molecular weight excluding hydrogens is 363 g/mol. The van der Waals surface area contributed by atoms with E-state index < -0.39 is 17.8 Å². The minimum absolute atomic E-state index is 0.0725. The van der Waals surface area contributed by atoms with Gasteiger partial charge in [0.05, 0.1) is 26.5 Å². The van der Waals surface area contributed by atoms with Crippen molar-refractivity contribution in [3.63, 3.8) is 0 Å². The minimum Gasteiger partial charge on any atom is -0.306 e. The topological polar surface area (TPSA) is 54.0 Å². The number of rotatable bonds is 2. The Morgan fingerprint density at radius 2 is 1.88 bits per heavy atom. The molecule has 2 N–H and O–H groups in total. The number of benzene rings is 2. The number of para-hydroxylation sites is 1. The minimum atomic E-state index is -4.49. The molecule has 0 radical (unpaired) electrons. The predicted octanol–water partition coefficient (Wildman–Crippen LogP) is 5.61. The van der Waals surface area contributed by atoms with Gasteiger partial charge >= 0.3 is 12.2 Å². The Bertz CT molecular complexity index is 877. The average Bonchev–Trinajstić information content (AvgIpc) is 2.90. The van der Waals surface area contributed by atoms with E-state index in [4.69, 9.17) is 11.6 Å². The summed E-state index contributed by atoms with van der Waals surface area (Å²) >= 11 is 7.07. The number of amides is 2. The number of urea groups is 1. The van der Waals surface area contributed by atoms with Gasteiger partial charge in [0.25, 0.3) is 0 Å². The summed E-state index contributed by atoms with van der Waals surface area (Å²) in [6, 6.07) is 9.41. The van der Waals surface area contributed by atoms with Gasteiger partial charge in [-0.05, 0) is 30.3 Å². The molecule has 1 aromatic heterocycles. The van der Waals surface area contributed by atoms with Crippen LogP contribution >= 0.6 is 22.9 Å². The van der Waals surface area contributed by atoms with Crippen LogP contribution in [0.3, 0.4) is 0 Å². The summed E-state index contributed by atoms with van der Waals surface area (Å²) in [4.78, 5) is 16.2. The van der Waals surface area contributed by atoms with Crippen LogP contribution in [0.15, 0.2) is 42.5 Å². The zero-order valence-electron chi connectivity index (χ0n) is 11.8. The Morgan fingerprint density at radius 1 is 1.12 bits per heavy atom. The third-order valence-electron chi connectivity index (χ3n) is 3.06. The van der Waals surface area contributed by atoms with E-state index in [9.17, 15) is 18.0 Å². The second-order valence-corrected chi connectivity index (χ2v) is 6.20. The predicted molar refractivity (Wildman–Crippen MR) is 88.7 cm³/mol. The quantitative estimate of drug-likeness (QED) is 0.615. The average molecular weight is 372 g/mol. The van der Waals surface area contributed by atoms with Crippen LogP contribution in [-0.2, 0) is 6.18 Å². The number of thiazole rings is 1. The van der Waals surface area contributed by atoms with Gasteiger partial charge in [-0.25, -0.2) is 9.78 Å². The molecule has 0 aliphatic rings. The van der Waals surface area contributed by atoms with Gasteiger partial charge in [0.15, 0.2) is 5.13 Å². The van der Waals surface area contributed by atoms with Crippen molar-refractivity contribution in [3.05, 3.63) is 53.1 Å². The Morgan fingerprint density at radius 3 is 2.54 bits per heavy atom. The number of hydrogen-bond acceptors (Lipinski definition) is 3. The fraction of sp³-hybridized carbons (Fsp3) is 0.0667. The number of aromatic nitrogens is 1. The third-order valence-corrected chi connectivity index (χ3v) is 4.32. The molecule has 0 aliphatic heterocycles. The van der Waals surface area contributed by atoms with Crippen molar-refractivity contribution in [1.29, 1.82) is 0 Å². The van der Waals surface area contributed by atoms with E-state index in [0.717, 1.165) is 28.4 Å². The van der Waals surface area contributed by atoms with E-state index in [0.29, 0.717) is 5.13 Å². The van der Waals surface area contributed by atoms with Gasteiger partial charge in [-0.1, -0.05) is 35.1 Å². The summed E-state index contributed by atoms with van der Waals surface area (Å²) in [6.07, 6.45) is -4.49. The molecule has 0 unspecified atom stereocenters. The maximum atomic E-state index is 12.6. The Balaban J connectivity index is 1.72. The number of nitrogens with zero attached hydrogens (tertiary/aromatic N) is 1.